The van der Waals surface area contributed by atoms with E-state index in [1.165, 1.54) is 16.2 Å². The molecule has 1 atom stereocenters. The van der Waals surface area contributed by atoms with Gasteiger partial charge in [0.25, 0.3) is 5.56 Å². The molecule has 1 unspecified atom stereocenters. The highest BCUT2D eigenvalue weighted by molar-refractivity contribution is 5.60. The van der Waals surface area contributed by atoms with Crippen molar-refractivity contribution < 1.29 is 10.2 Å². The van der Waals surface area contributed by atoms with Crippen molar-refractivity contribution in [1.82, 2.24) is 4.57 Å². The third-order valence-electron chi connectivity index (χ3n) is 3.56. The number of benzene rings is 1. The summed E-state index contributed by atoms with van der Waals surface area (Å²) in [5.41, 5.74) is 2.16. The minimum absolute atomic E-state index is 0.0130. The van der Waals surface area contributed by atoms with E-state index in [1.54, 1.807) is 6.07 Å². The SMILES string of the molecule is CCc1ccc(-c2ccc(C#N)c(=O)n2CC(O)CO)cc1. The molecule has 0 bridgehead atoms. The van der Waals surface area contributed by atoms with Crippen molar-refractivity contribution in [2.45, 2.75) is 26.0 Å². The summed E-state index contributed by atoms with van der Waals surface area (Å²) in [6, 6.07) is 12.8. The van der Waals surface area contributed by atoms with Gasteiger partial charge in [0.15, 0.2) is 0 Å². The van der Waals surface area contributed by atoms with Gasteiger partial charge in [0.1, 0.15) is 11.6 Å². The maximum Gasteiger partial charge on any atom is 0.269 e. The number of hydrogen-bond donors (Lipinski definition) is 2. The highest BCUT2D eigenvalue weighted by Crippen LogP contribution is 2.19. The second-order valence-electron chi connectivity index (χ2n) is 5.05. The number of nitriles is 1. The van der Waals surface area contributed by atoms with Crippen LogP contribution in [0.4, 0.5) is 0 Å². The van der Waals surface area contributed by atoms with Crippen molar-refractivity contribution in [1.29, 1.82) is 5.26 Å². The lowest BCUT2D eigenvalue weighted by Crippen LogP contribution is -2.31. The fraction of sp³-hybridized carbons (Fsp3) is 0.294. The highest BCUT2D eigenvalue weighted by Gasteiger charge is 2.13. The van der Waals surface area contributed by atoms with Crippen molar-refractivity contribution in [3.63, 3.8) is 0 Å². The quantitative estimate of drug-likeness (QED) is 0.871. The van der Waals surface area contributed by atoms with E-state index in [2.05, 4.69) is 6.92 Å². The standard InChI is InChI=1S/C17H18N2O3/c1-2-12-3-5-13(6-4-12)16-8-7-14(9-18)17(22)19(16)10-15(21)11-20/h3-8,15,20-21H,2,10-11H2,1H3. The Morgan fingerprint density at radius 3 is 2.45 bits per heavy atom. The zero-order valence-electron chi connectivity index (χ0n) is 12.4. The molecule has 114 valence electrons. The molecule has 2 N–H and O–H groups in total. The van der Waals surface area contributed by atoms with Gasteiger partial charge in [0.05, 0.1) is 24.9 Å². The number of pyridine rings is 1. The van der Waals surface area contributed by atoms with Gasteiger partial charge in [0, 0.05) is 0 Å². The molecule has 0 aliphatic rings. The van der Waals surface area contributed by atoms with Crippen LogP contribution in [0, 0.1) is 11.3 Å². The lowest BCUT2D eigenvalue weighted by atomic mass is 10.1. The maximum absolute atomic E-state index is 12.3. The van der Waals surface area contributed by atoms with E-state index < -0.39 is 18.3 Å². The average molecular weight is 298 g/mol. The first-order chi connectivity index (χ1) is 10.6. The topological polar surface area (TPSA) is 86.2 Å². The van der Waals surface area contributed by atoms with Crippen molar-refractivity contribution in [3.8, 4) is 17.3 Å². The molecule has 0 fully saturated rings. The Hall–Kier alpha value is -2.42. The molecule has 2 rings (SSSR count). The number of hydrogen-bond acceptors (Lipinski definition) is 4. The monoisotopic (exact) mass is 298 g/mol. The molecule has 5 heteroatoms. The molecule has 2 aromatic rings. The second kappa shape index (κ2) is 7.03. The predicted molar refractivity (Wildman–Crippen MR) is 83.3 cm³/mol. The predicted octanol–water partition coefficient (Wildman–Crippen LogP) is 1.30. The molecule has 1 heterocycles. The molecular formula is C17H18N2O3. The van der Waals surface area contributed by atoms with Gasteiger partial charge in [-0.3, -0.25) is 4.79 Å². The number of aryl methyl sites for hydroxylation is 1. The zero-order valence-corrected chi connectivity index (χ0v) is 12.4. The summed E-state index contributed by atoms with van der Waals surface area (Å²) in [7, 11) is 0. The van der Waals surface area contributed by atoms with Crippen molar-refractivity contribution in [2.75, 3.05) is 6.61 Å². The normalized spacial score (nSPS) is 11.9. The summed E-state index contributed by atoms with van der Waals surface area (Å²) in [5, 5.41) is 27.7. The van der Waals surface area contributed by atoms with Gasteiger partial charge >= 0.3 is 0 Å². The molecule has 1 aromatic carbocycles. The summed E-state index contributed by atoms with van der Waals surface area (Å²) in [6.45, 7) is 1.55. The third kappa shape index (κ3) is 3.25. The summed E-state index contributed by atoms with van der Waals surface area (Å²) in [6.07, 6.45) is -0.135. The van der Waals surface area contributed by atoms with Crippen LogP contribution in [0.3, 0.4) is 0 Å². The van der Waals surface area contributed by atoms with Crippen LogP contribution in [-0.2, 0) is 13.0 Å². The summed E-state index contributed by atoms with van der Waals surface area (Å²) in [4.78, 5) is 12.3. The van der Waals surface area contributed by atoms with Crippen molar-refractivity contribution >= 4 is 0 Å². The van der Waals surface area contributed by atoms with E-state index in [9.17, 15) is 9.90 Å². The number of aliphatic hydroxyl groups is 2. The van der Waals surface area contributed by atoms with Crippen molar-refractivity contribution in [2.24, 2.45) is 0 Å². The van der Waals surface area contributed by atoms with Crippen LogP contribution < -0.4 is 5.56 Å². The van der Waals surface area contributed by atoms with Gasteiger partial charge < -0.3 is 14.8 Å². The number of aliphatic hydroxyl groups excluding tert-OH is 2. The molecule has 0 amide bonds. The Morgan fingerprint density at radius 1 is 1.23 bits per heavy atom. The highest BCUT2D eigenvalue weighted by atomic mass is 16.3. The fourth-order valence-electron chi connectivity index (χ4n) is 2.28. The molecule has 0 aliphatic carbocycles. The second-order valence-corrected chi connectivity index (χ2v) is 5.05. The summed E-state index contributed by atoms with van der Waals surface area (Å²) in [5.74, 6) is 0. The van der Waals surface area contributed by atoms with E-state index in [0.717, 1.165) is 12.0 Å². The van der Waals surface area contributed by atoms with Crippen LogP contribution in [0.5, 0.6) is 0 Å². The molecule has 0 radical (unpaired) electrons. The molecule has 5 nitrogen and oxygen atoms in total. The molecule has 0 aliphatic heterocycles. The minimum Gasteiger partial charge on any atom is -0.394 e. The van der Waals surface area contributed by atoms with Gasteiger partial charge in [-0.15, -0.1) is 0 Å². The van der Waals surface area contributed by atoms with Crippen LogP contribution >= 0.6 is 0 Å². The number of rotatable bonds is 5. The minimum atomic E-state index is -1.06. The van der Waals surface area contributed by atoms with E-state index in [0.29, 0.717) is 5.69 Å². The van der Waals surface area contributed by atoms with Crippen LogP contribution in [-0.4, -0.2) is 27.5 Å². The largest absolute Gasteiger partial charge is 0.394 e. The van der Waals surface area contributed by atoms with Gasteiger partial charge in [-0.1, -0.05) is 31.2 Å². The van der Waals surface area contributed by atoms with E-state index in [1.807, 2.05) is 30.3 Å². The van der Waals surface area contributed by atoms with Gasteiger partial charge in [0.2, 0.25) is 0 Å². The molecular weight excluding hydrogens is 280 g/mol. The average Bonchev–Trinajstić information content (AvgIpc) is 2.56. The summed E-state index contributed by atoms with van der Waals surface area (Å²) < 4.78 is 1.33. The lowest BCUT2D eigenvalue weighted by molar-refractivity contribution is 0.0807. The van der Waals surface area contributed by atoms with Gasteiger partial charge in [-0.05, 0) is 29.7 Å². The molecule has 1 aromatic heterocycles. The Labute approximate surface area is 128 Å². The molecule has 0 saturated carbocycles. The van der Waals surface area contributed by atoms with Gasteiger partial charge in [-0.2, -0.15) is 5.26 Å². The van der Waals surface area contributed by atoms with Gasteiger partial charge in [-0.25, -0.2) is 0 Å². The third-order valence-corrected chi connectivity index (χ3v) is 3.56. The first-order valence-electron chi connectivity index (χ1n) is 7.12. The Kier molecular flexibility index (Phi) is 5.10. The smallest absolute Gasteiger partial charge is 0.269 e. The lowest BCUT2D eigenvalue weighted by Gasteiger charge is -2.16. The molecule has 0 saturated heterocycles. The van der Waals surface area contributed by atoms with E-state index in [4.69, 9.17) is 10.4 Å². The Morgan fingerprint density at radius 2 is 1.91 bits per heavy atom. The molecule has 22 heavy (non-hydrogen) atoms. The van der Waals surface area contributed by atoms with E-state index >= 15 is 0 Å². The van der Waals surface area contributed by atoms with Crippen LogP contribution in [0.15, 0.2) is 41.2 Å². The van der Waals surface area contributed by atoms with E-state index in [-0.39, 0.29) is 12.1 Å². The zero-order chi connectivity index (χ0) is 16.1. The number of nitrogens with zero attached hydrogens (tertiary/aromatic N) is 2. The molecule has 0 spiro atoms. The first-order valence-corrected chi connectivity index (χ1v) is 7.12. The summed E-state index contributed by atoms with van der Waals surface area (Å²) >= 11 is 0. The number of aromatic nitrogens is 1. The Bertz CT molecular complexity index is 742. The van der Waals surface area contributed by atoms with Crippen LogP contribution in [0.1, 0.15) is 18.1 Å². The van der Waals surface area contributed by atoms with Crippen LogP contribution in [0.2, 0.25) is 0 Å². The van der Waals surface area contributed by atoms with Crippen molar-refractivity contribution in [3.05, 3.63) is 57.9 Å². The first kappa shape index (κ1) is 16.0. The fourth-order valence-corrected chi connectivity index (χ4v) is 2.28. The Balaban J connectivity index is 2.56. The van der Waals surface area contributed by atoms with Crippen LogP contribution in [0.25, 0.3) is 11.3 Å². The maximum atomic E-state index is 12.3.